The van der Waals surface area contributed by atoms with Crippen molar-refractivity contribution in [1.29, 1.82) is 0 Å². The Kier molecular flexibility index (Phi) is 5.05. The lowest BCUT2D eigenvalue weighted by molar-refractivity contribution is 0.374. The van der Waals surface area contributed by atoms with Crippen LogP contribution in [0.2, 0.25) is 0 Å². The van der Waals surface area contributed by atoms with Crippen LogP contribution in [0.4, 0.5) is 8.78 Å². The Labute approximate surface area is 136 Å². The fraction of sp³-hybridized carbons (Fsp3) is 0.300. The van der Waals surface area contributed by atoms with Gasteiger partial charge in [0.25, 0.3) is 0 Å². The first-order valence-corrected chi connectivity index (χ1v) is 7.42. The maximum Gasteiger partial charge on any atom is 0.141 e. The summed E-state index contributed by atoms with van der Waals surface area (Å²) in [7, 11) is 1.62. The van der Waals surface area contributed by atoms with E-state index in [0.29, 0.717) is 0 Å². The number of hydrogen-bond acceptors (Lipinski definition) is 1. The lowest BCUT2D eigenvalue weighted by Crippen LogP contribution is -2.17. The fourth-order valence-electron chi connectivity index (χ4n) is 2.34. The van der Waals surface area contributed by atoms with Crippen LogP contribution in [0.1, 0.15) is 37.8 Å². The SMILES string of the molecule is COc1ccc(C(C#Cc2ccc(F)cc2F)C(C)(C)C)cc1. The van der Waals surface area contributed by atoms with Gasteiger partial charge in [-0.2, -0.15) is 0 Å². The van der Waals surface area contributed by atoms with Gasteiger partial charge in [-0.25, -0.2) is 8.78 Å². The standard InChI is InChI=1S/C20H20F2O/c1-20(2,3)18(14-6-10-17(23-4)11-7-14)12-8-15-5-9-16(21)13-19(15)22/h5-7,9-11,13,18H,1-4H3. The molecule has 0 aliphatic rings. The van der Waals surface area contributed by atoms with E-state index < -0.39 is 11.6 Å². The molecule has 2 aromatic carbocycles. The molecule has 3 heteroatoms. The Balaban J connectivity index is 2.39. The van der Waals surface area contributed by atoms with Crippen molar-refractivity contribution in [2.45, 2.75) is 26.7 Å². The van der Waals surface area contributed by atoms with Gasteiger partial charge in [0.05, 0.1) is 18.6 Å². The Morgan fingerprint density at radius 3 is 2.17 bits per heavy atom. The van der Waals surface area contributed by atoms with Crippen molar-refractivity contribution in [2.75, 3.05) is 7.11 Å². The van der Waals surface area contributed by atoms with Gasteiger partial charge in [0.15, 0.2) is 0 Å². The van der Waals surface area contributed by atoms with Gasteiger partial charge in [-0.3, -0.25) is 0 Å². The van der Waals surface area contributed by atoms with Crippen molar-refractivity contribution in [3.8, 4) is 17.6 Å². The average Bonchev–Trinajstić information content (AvgIpc) is 2.49. The van der Waals surface area contributed by atoms with Crippen LogP contribution >= 0.6 is 0 Å². The molecule has 0 radical (unpaired) electrons. The van der Waals surface area contributed by atoms with Crippen LogP contribution in [0.25, 0.3) is 0 Å². The summed E-state index contributed by atoms with van der Waals surface area (Å²) < 4.78 is 31.9. The van der Waals surface area contributed by atoms with Crippen LogP contribution < -0.4 is 4.74 Å². The van der Waals surface area contributed by atoms with E-state index in [2.05, 4.69) is 32.6 Å². The molecule has 1 atom stereocenters. The second-order valence-corrected chi connectivity index (χ2v) is 6.47. The molecule has 0 aromatic heterocycles. The van der Waals surface area contributed by atoms with Gasteiger partial charge in [-0.1, -0.05) is 44.7 Å². The Bertz CT molecular complexity index is 731. The Hall–Kier alpha value is -2.34. The first-order valence-electron chi connectivity index (χ1n) is 7.42. The molecule has 0 spiro atoms. The third kappa shape index (κ3) is 4.32. The fourth-order valence-corrected chi connectivity index (χ4v) is 2.34. The van der Waals surface area contributed by atoms with Crippen LogP contribution in [0, 0.1) is 28.9 Å². The van der Waals surface area contributed by atoms with Crippen molar-refractivity contribution in [1.82, 2.24) is 0 Å². The van der Waals surface area contributed by atoms with Gasteiger partial charge >= 0.3 is 0 Å². The number of rotatable bonds is 2. The van der Waals surface area contributed by atoms with Crippen molar-refractivity contribution in [2.24, 2.45) is 5.41 Å². The van der Waals surface area contributed by atoms with Gasteiger partial charge in [-0.15, -0.1) is 0 Å². The predicted octanol–water partition coefficient (Wildman–Crippen LogP) is 5.15. The molecule has 0 amide bonds. The summed E-state index contributed by atoms with van der Waals surface area (Å²) >= 11 is 0. The molecule has 23 heavy (non-hydrogen) atoms. The highest BCUT2D eigenvalue weighted by atomic mass is 19.1. The van der Waals surface area contributed by atoms with Crippen molar-refractivity contribution in [3.63, 3.8) is 0 Å². The largest absolute Gasteiger partial charge is 0.497 e. The van der Waals surface area contributed by atoms with Crippen LogP contribution in [-0.2, 0) is 0 Å². The van der Waals surface area contributed by atoms with E-state index >= 15 is 0 Å². The Morgan fingerprint density at radius 1 is 1.00 bits per heavy atom. The predicted molar refractivity (Wildman–Crippen MR) is 88.4 cm³/mol. The highest BCUT2D eigenvalue weighted by Crippen LogP contribution is 2.35. The summed E-state index contributed by atoms with van der Waals surface area (Å²) in [6.07, 6.45) is 0. The summed E-state index contributed by atoms with van der Waals surface area (Å²) in [5, 5.41) is 0. The van der Waals surface area contributed by atoms with Crippen LogP contribution in [0.3, 0.4) is 0 Å². The molecule has 0 aliphatic heterocycles. The van der Waals surface area contributed by atoms with Gasteiger partial charge in [0.2, 0.25) is 0 Å². The minimum Gasteiger partial charge on any atom is -0.497 e. The van der Waals surface area contributed by atoms with Crippen LogP contribution in [0.5, 0.6) is 5.75 Å². The van der Waals surface area contributed by atoms with Crippen molar-refractivity contribution < 1.29 is 13.5 Å². The van der Waals surface area contributed by atoms with E-state index in [1.165, 1.54) is 12.1 Å². The average molecular weight is 314 g/mol. The number of halogens is 2. The van der Waals surface area contributed by atoms with Crippen LogP contribution in [-0.4, -0.2) is 7.11 Å². The summed E-state index contributed by atoms with van der Waals surface area (Å²) in [6, 6.07) is 11.1. The first kappa shape index (κ1) is 17.0. The molecule has 1 unspecified atom stereocenters. The minimum atomic E-state index is -0.639. The van der Waals surface area contributed by atoms with E-state index in [9.17, 15) is 8.78 Å². The van der Waals surface area contributed by atoms with Gasteiger partial charge in [-0.05, 0) is 35.2 Å². The molecular weight excluding hydrogens is 294 g/mol. The van der Waals surface area contributed by atoms with E-state index in [1.54, 1.807) is 7.11 Å². The lowest BCUT2D eigenvalue weighted by atomic mass is 9.77. The topological polar surface area (TPSA) is 9.23 Å². The molecule has 0 fully saturated rings. The second kappa shape index (κ2) is 6.83. The molecule has 0 N–H and O–H groups in total. The normalized spacial score (nSPS) is 12.3. The molecule has 2 rings (SSSR count). The van der Waals surface area contributed by atoms with E-state index in [1.807, 2.05) is 24.3 Å². The number of hydrogen-bond donors (Lipinski definition) is 0. The maximum atomic E-state index is 13.7. The number of benzene rings is 2. The second-order valence-electron chi connectivity index (χ2n) is 6.47. The van der Waals surface area contributed by atoms with Gasteiger partial charge < -0.3 is 4.74 Å². The molecule has 1 nitrogen and oxygen atoms in total. The highest BCUT2D eigenvalue weighted by Gasteiger charge is 2.24. The first-order chi connectivity index (χ1) is 10.8. The molecule has 0 aliphatic carbocycles. The third-order valence-electron chi connectivity index (χ3n) is 3.60. The van der Waals surface area contributed by atoms with Gasteiger partial charge in [0.1, 0.15) is 17.4 Å². The molecule has 0 saturated heterocycles. The van der Waals surface area contributed by atoms with E-state index in [-0.39, 0.29) is 16.9 Å². The third-order valence-corrected chi connectivity index (χ3v) is 3.60. The van der Waals surface area contributed by atoms with Crippen molar-refractivity contribution in [3.05, 3.63) is 65.2 Å². The summed E-state index contributed by atoms with van der Waals surface area (Å²) in [6.45, 7) is 6.24. The quantitative estimate of drug-likeness (QED) is 0.696. The molecule has 0 heterocycles. The zero-order valence-corrected chi connectivity index (χ0v) is 13.8. The molecular formula is C20H20F2O. The van der Waals surface area contributed by atoms with E-state index in [0.717, 1.165) is 17.4 Å². The lowest BCUT2D eigenvalue weighted by Gasteiger charge is -2.26. The van der Waals surface area contributed by atoms with Gasteiger partial charge in [0, 0.05) is 6.07 Å². The van der Waals surface area contributed by atoms with Crippen LogP contribution in [0.15, 0.2) is 42.5 Å². The molecule has 0 bridgehead atoms. The molecule has 120 valence electrons. The minimum absolute atomic E-state index is 0.0853. The van der Waals surface area contributed by atoms with E-state index in [4.69, 9.17) is 4.74 Å². The summed E-state index contributed by atoms with van der Waals surface area (Å²) in [4.78, 5) is 0. The highest BCUT2D eigenvalue weighted by molar-refractivity contribution is 5.41. The number of methoxy groups -OCH3 is 1. The number of ether oxygens (including phenoxy) is 1. The molecule has 2 aromatic rings. The summed E-state index contributed by atoms with van der Waals surface area (Å²) in [5.41, 5.74) is 1.11. The maximum absolute atomic E-state index is 13.7. The Morgan fingerprint density at radius 2 is 1.65 bits per heavy atom. The van der Waals surface area contributed by atoms with Crippen molar-refractivity contribution >= 4 is 0 Å². The smallest absolute Gasteiger partial charge is 0.141 e. The monoisotopic (exact) mass is 314 g/mol. The summed E-state index contributed by atoms with van der Waals surface area (Å²) in [5.74, 6) is 5.44. The zero-order valence-electron chi connectivity index (χ0n) is 13.8. The molecule has 0 saturated carbocycles. The zero-order chi connectivity index (χ0) is 17.0.